The highest BCUT2D eigenvalue weighted by Crippen LogP contribution is 2.38. The molecule has 0 spiro atoms. The Labute approximate surface area is 152 Å². The van der Waals surface area contributed by atoms with E-state index in [0.717, 1.165) is 11.0 Å². The van der Waals surface area contributed by atoms with Crippen LogP contribution >= 0.6 is 0 Å². The summed E-state index contributed by atoms with van der Waals surface area (Å²) in [5.41, 5.74) is 0.451. The van der Waals surface area contributed by atoms with Crippen molar-refractivity contribution in [2.75, 3.05) is 6.54 Å². The maximum atomic E-state index is 12.2. The largest absolute Gasteiger partial charge is 0.492 e. The molecular formula is C18H24BF2NO4. The lowest BCUT2D eigenvalue weighted by atomic mass is 9.77. The Morgan fingerprint density at radius 2 is 1.73 bits per heavy atom. The lowest BCUT2D eigenvalue weighted by Crippen LogP contribution is -2.41. The number of halogens is 2. The first-order chi connectivity index (χ1) is 12.0. The highest BCUT2D eigenvalue weighted by molar-refractivity contribution is 6.56. The summed E-state index contributed by atoms with van der Waals surface area (Å²) < 4.78 is 40.9. The number of rotatable bonds is 6. The molecule has 1 aliphatic heterocycles. The smallest absolute Gasteiger partial charge is 0.435 e. The number of benzene rings is 1. The van der Waals surface area contributed by atoms with Crippen molar-refractivity contribution in [3.63, 3.8) is 0 Å². The fourth-order valence-electron chi connectivity index (χ4n) is 2.38. The Kier molecular flexibility index (Phi) is 6.08. The first-order valence-corrected chi connectivity index (χ1v) is 8.35. The van der Waals surface area contributed by atoms with Crippen molar-refractivity contribution >= 4 is 19.1 Å². The SMILES string of the molecule is CC(=O)NCC(=Cc1ccc(OC(F)F)cc1)B1OC(C)(C)C(C)(C)O1. The molecule has 0 aliphatic carbocycles. The van der Waals surface area contributed by atoms with E-state index < -0.39 is 24.9 Å². The summed E-state index contributed by atoms with van der Waals surface area (Å²) in [6, 6.07) is 6.21. The van der Waals surface area contributed by atoms with Gasteiger partial charge in [-0.2, -0.15) is 8.78 Å². The van der Waals surface area contributed by atoms with Crippen molar-refractivity contribution < 1.29 is 27.6 Å². The summed E-state index contributed by atoms with van der Waals surface area (Å²) in [4.78, 5) is 11.3. The van der Waals surface area contributed by atoms with Gasteiger partial charge in [-0.1, -0.05) is 18.2 Å². The quantitative estimate of drug-likeness (QED) is 0.783. The van der Waals surface area contributed by atoms with E-state index in [0.29, 0.717) is 0 Å². The fourth-order valence-corrected chi connectivity index (χ4v) is 2.38. The molecule has 8 heteroatoms. The van der Waals surface area contributed by atoms with Gasteiger partial charge in [-0.15, -0.1) is 0 Å². The molecule has 1 aliphatic rings. The van der Waals surface area contributed by atoms with Crippen LogP contribution in [0.25, 0.3) is 6.08 Å². The van der Waals surface area contributed by atoms with Crippen LogP contribution in [0, 0.1) is 0 Å². The fraction of sp³-hybridized carbons (Fsp3) is 0.500. The third-order valence-electron chi connectivity index (χ3n) is 4.55. The maximum absolute atomic E-state index is 12.2. The molecule has 1 saturated heterocycles. The number of nitrogens with one attached hydrogen (secondary N) is 1. The zero-order valence-electron chi connectivity index (χ0n) is 15.6. The van der Waals surface area contributed by atoms with Gasteiger partial charge in [-0.25, -0.2) is 0 Å². The lowest BCUT2D eigenvalue weighted by molar-refractivity contribution is -0.118. The summed E-state index contributed by atoms with van der Waals surface area (Å²) in [6.07, 6.45) is 1.81. The van der Waals surface area contributed by atoms with Gasteiger partial charge >= 0.3 is 13.7 Å². The number of ether oxygens (including phenoxy) is 1. The minimum absolute atomic E-state index is 0.0798. The minimum atomic E-state index is -2.86. The first kappa shape index (κ1) is 20.4. The Balaban J connectivity index is 2.24. The second-order valence-corrected chi connectivity index (χ2v) is 7.16. The zero-order valence-corrected chi connectivity index (χ0v) is 15.6. The number of amides is 1. The minimum Gasteiger partial charge on any atom is -0.435 e. The summed E-state index contributed by atoms with van der Waals surface area (Å²) in [5, 5.41) is 2.74. The Hall–Kier alpha value is -1.93. The molecule has 0 aromatic heterocycles. The Morgan fingerprint density at radius 1 is 1.19 bits per heavy atom. The molecule has 0 radical (unpaired) electrons. The van der Waals surface area contributed by atoms with E-state index in [9.17, 15) is 13.6 Å². The van der Waals surface area contributed by atoms with Gasteiger partial charge in [0.25, 0.3) is 0 Å². The van der Waals surface area contributed by atoms with Crippen molar-refractivity contribution in [1.82, 2.24) is 5.32 Å². The standard InChI is InChI=1S/C18H24BF2NO4/c1-12(23)22-11-14(19-25-17(2,3)18(4,5)26-19)10-13-6-8-15(9-7-13)24-16(20)21/h6-10,16H,11H2,1-5H3,(H,22,23). The number of carbonyl (C=O) groups excluding carboxylic acids is 1. The van der Waals surface area contributed by atoms with Crippen molar-refractivity contribution in [3.8, 4) is 5.75 Å². The molecule has 142 valence electrons. The molecular weight excluding hydrogens is 343 g/mol. The molecule has 0 unspecified atom stereocenters. The third kappa shape index (κ3) is 5.05. The summed E-state index contributed by atoms with van der Waals surface area (Å²) in [6.45, 7) is 6.59. The van der Waals surface area contributed by atoms with E-state index in [1.807, 2.05) is 33.8 Å². The molecule has 1 heterocycles. The third-order valence-corrected chi connectivity index (χ3v) is 4.55. The van der Waals surface area contributed by atoms with Crippen molar-refractivity contribution in [2.45, 2.75) is 52.4 Å². The van der Waals surface area contributed by atoms with Crippen LogP contribution in [0.4, 0.5) is 8.78 Å². The van der Waals surface area contributed by atoms with Crippen molar-refractivity contribution in [1.29, 1.82) is 0 Å². The van der Waals surface area contributed by atoms with Crippen LogP contribution in [-0.4, -0.2) is 37.4 Å². The molecule has 0 bridgehead atoms. The molecule has 1 N–H and O–H groups in total. The Morgan fingerprint density at radius 3 is 2.19 bits per heavy atom. The maximum Gasteiger partial charge on any atom is 0.492 e. The van der Waals surface area contributed by atoms with E-state index in [1.165, 1.54) is 19.1 Å². The van der Waals surface area contributed by atoms with Crippen LogP contribution in [0.15, 0.2) is 29.7 Å². The summed E-state index contributed by atoms with van der Waals surface area (Å²) in [5.74, 6) is -0.0932. The molecule has 0 atom stereocenters. The average Bonchev–Trinajstić information content (AvgIpc) is 2.72. The lowest BCUT2D eigenvalue weighted by Gasteiger charge is -2.32. The van der Waals surface area contributed by atoms with Gasteiger partial charge in [-0.05, 0) is 50.9 Å². The van der Waals surface area contributed by atoms with Gasteiger partial charge in [0.2, 0.25) is 5.91 Å². The molecule has 1 aromatic carbocycles. The van der Waals surface area contributed by atoms with Gasteiger partial charge in [0.1, 0.15) is 5.75 Å². The average molecular weight is 367 g/mol. The van der Waals surface area contributed by atoms with Crippen LogP contribution in [0.3, 0.4) is 0 Å². The molecule has 1 aromatic rings. The number of hydrogen-bond acceptors (Lipinski definition) is 4. The van der Waals surface area contributed by atoms with Gasteiger partial charge in [-0.3, -0.25) is 4.79 Å². The van der Waals surface area contributed by atoms with Crippen molar-refractivity contribution in [3.05, 3.63) is 35.3 Å². The molecule has 2 rings (SSSR count). The summed E-state index contributed by atoms with van der Waals surface area (Å²) >= 11 is 0. The molecule has 5 nitrogen and oxygen atoms in total. The van der Waals surface area contributed by atoms with E-state index >= 15 is 0 Å². The van der Waals surface area contributed by atoms with Gasteiger partial charge in [0.15, 0.2) is 0 Å². The van der Waals surface area contributed by atoms with E-state index in [1.54, 1.807) is 12.1 Å². The normalized spacial score (nSPS) is 18.9. The predicted octanol–water partition coefficient (Wildman–Crippen LogP) is 3.44. The van der Waals surface area contributed by atoms with Crippen molar-refractivity contribution in [2.24, 2.45) is 0 Å². The number of hydrogen-bond donors (Lipinski definition) is 1. The molecule has 1 fully saturated rings. The monoisotopic (exact) mass is 367 g/mol. The molecule has 1 amide bonds. The van der Waals surface area contributed by atoms with E-state index in [2.05, 4.69) is 10.1 Å². The van der Waals surface area contributed by atoms with Crippen LogP contribution in [0.5, 0.6) is 5.75 Å². The zero-order chi connectivity index (χ0) is 19.5. The highest BCUT2D eigenvalue weighted by Gasteiger charge is 2.52. The van der Waals surface area contributed by atoms with Gasteiger partial charge in [0, 0.05) is 13.5 Å². The van der Waals surface area contributed by atoms with E-state index in [-0.39, 0.29) is 18.2 Å². The second kappa shape index (κ2) is 7.76. The van der Waals surface area contributed by atoms with Gasteiger partial charge in [0.05, 0.1) is 11.2 Å². The topological polar surface area (TPSA) is 56.8 Å². The molecule has 26 heavy (non-hydrogen) atoms. The predicted molar refractivity (Wildman–Crippen MR) is 95.8 cm³/mol. The van der Waals surface area contributed by atoms with E-state index in [4.69, 9.17) is 9.31 Å². The van der Waals surface area contributed by atoms with Crippen LogP contribution < -0.4 is 10.1 Å². The molecule has 0 saturated carbocycles. The highest BCUT2D eigenvalue weighted by atomic mass is 19.3. The number of alkyl halides is 2. The number of carbonyl (C=O) groups is 1. The second-order valence-electron chi connectivity index (χ2n) is 7.16. The van der Waals surface area contributed by atoms with Gasteiger partial charge < -0.3 is 19.4 Å². The van der Waals surface area contributed by atoms with Crippen LogP contribution in [-0.2, 0) is 14.1 Å². The Bertz CT molecular complexity index is 658. The summed E-state index contributed by atoms with van der Waals surface area (Å²) in [7, 11) is -0.621. The first-order valence-electron chi connectivity index (χ1n) is 8.35. The van der Waals surface area contributed by atoms with Crippen LogP contribution in [0.1, 0.15) is 40.2 Å². The van der Waals surface area contributed by atoms with Crippen LogP contribution in [0.2, 0.25) is 0 Å².